The van der Waals surface area contributed by atoms with Gasteiger partial charge >= 0.3 is 0 Å². The summed E-state index contributed by atoms with van der Waals surface area (Å²) in [6.07, 6.45) is 0. The molecule has 22 heavy (non-hydrogen) atoms. The lowest BCUT2D eigenvalue weighted by Crippen LogP contribution is -2.03. The van der Waals surface area contributed by atoms with Gasteiger partial charge in [-0.2, -0.15) is 0 Å². The third kappa shape index (κ3) is 4.31. The number of nitrogens with zero attached hydrogens (tertiary/aromatic N) is 4. The van der Waals surface area contributed by atoms with E-state index in [1.54, 1.807) is 47.0 Å². The molecular formula is C14H13FN4S3. The molecule has 8 heteroatoms. The lowest BCUT2D eigenvalue weighted by molar-refractivity contribution is 0.608. The molecule has 0 N–H and O–H groups in total. The molecule has 1 aromatic carbocycles. The topological polar surface area (TPSA) is 43.6 Å². The van der Waals surface area contributed by atoms with Gasteiger partial charge in [-0.05, 0) is 46.1 Å². The SMILES string of the molecule is Fc1ccc(SCCSc2nnnn2Cc2cccs2)cc1. The number of tetrazole rings is 1. The van der Waals surface area contributed by atoms with E-state index in [0.29, 0.717) is 6.54 Å². The summed E-state index contributed by atoms with van der Waals surface area (Å²) in [5.41, 5.74) is 0. The highest BCUT2D eigenvalue weighted by Crippen LogP contribution is 2.22. The van der Waals surface area contributed by atoms with E-state index in [4.69, 9.17) is 0 Å². The van der Waals surface area contributed by atoms with Gasteiger partial charge in [-0.3, -0.25) is 0 Å². The molecule has 3 aromatic rings. The van der Waals surface area contributed by atoms with Crippen LogP contribution in [0.1, 0.15) is 4.88 Å². The van der Waals surface area contributed by atoms with Crippen molar-refractivity contribution in [3.8, 4) is 0 Å². The first-order valence-electron chi connectivity index (χ1n) is 6.61. The number of benzene rings is 1. The zero-order chi connectivity index (χ0) is 15.2. The fourth-order valence-corrected chi connectivity index (χ4v) is 4.22. The van der Waals surface area contributed by atoms with Crippen LogP contribution in [0.4, 0.5) is 4.39 Å². The Hall–Kier alpha value is -1.38. The van der Waals surface area contributed by atoms with Crippen LogP contribution in [0.2, 0.25) is 0 Å². The Bertz CT molecular complexity index is 697. The minimum atomic E-state index is -0.202. The molecule has 0 aliphatic rings. The molecule has 0 saturated carbocycles. The summed E-state index contributed by atoms with van der Waals surface area (Å²) in [6, 6.07) is 10.7. The van der Waals surface area contributed by atoms with Gasteiger partial charge in [0, 0.05) is 21.3 Å². The van der Waals surface area contributed by atoms with E-state index in [-0.39, 0.29) is 5.82 Å². The first-order valence-corrected chi connectivity index (χ1v) is 9.46. The molecule has 0 amide bonds. The number of hydrogen-bond acceptors (Lipinski definition) is 6. The van der Waals surface area contributed by atoms with Crippen LogP contribution in [0.25, 0.3) is 0 Å². The average Bonchev–Trinajstić information content (AvgIpc) is 3.18. The number of halogens is 1. The summed E-state index contributed by atoms with van der Waals surface area (Å²) in [4.78, 5) is 2.30. The number of thioether (sulfide) groups is 2. The van der Waals surface area contributed by atoms with Crippen molar-refractivity contribution in [1.82, 2.24) is 20.2 Å². The van der Waals surface area contributed by atoms with Gasteiger partial charge in [-0.15, -0.1) is 28.2 Å². The number of aromatic nitrogens is 4. The lowest BCUT2D eigenvalue weighted by atomic mass is 10.4. The molecule has 2 heterocycles. The summed E-state index contributed by atoms with van der Waals surface area (Å²) >= 11 is 5.03. The van der Waals surface area contributed by atoms with E-state index in [1.807, 2.05) is 16.1 Å². The van der Waals surface area contributed by atoms with Gasteiger partial charge in [0.25, 0.3) is 0 Å². The Morgan fingerprint density at radius 3 is 2.68 bits per heavy atom. The van der Waals surface area contributed by atoms with Crippen LogP contribution in [0.15, 0.2) is 51.8 Å². The molecule has 0 aliphatic carbocycles. The third-order valence-corrected chi connectivity index (χ3v) is 5.87. The maximum atomic E-state index is 12.8. The normalized spacial score (nSPS) is 11.0. The van der Waals surface area contributed by atoms with Gasteiger partial charge in [0.15, 0.2) is 0 Å². The zero-order valence-electron chi connectivity index (χ0n) is 11.6. The lowest BCUT2D eigenvalue weighted by Gasteiger charge is -2.03. The molecule has 0 aliphatic heterocycles. The molecule has 114 valence electrons. The quantitative estimate of drug-likeness (QED) is 0.478. The third-order valence-electron chi connectivity index (χ3n) is 2.78. The van der Waals surface area contributed by atoms with E-state index in [0.717, 1.165) is 21.6 Å². The maximum Gasteiger partial charge on any atom is 0.209 e. The van der Waals surface area contributed by atoms with Gasteiger partial charge < -0.3 is 0 Å². The van der Waals surface area contributed by atoms with Crippen LogP contribution < -0.4 is 0 Å². The highest BCUT2D eigenvalue weighted by Gasteiger charge is 2.08. The van der Waals surface area contributed by atoms with Crippen molar-refractivity contribution in [2.24, 2.45) is 0 Å². The monoisotopic (exact) mass is 352 g/mol. The predicted molar refractivity (Wildman–Crippen MR) is 89.1 cm³/mol. The first-order chi connectivity index (χ1) is 10.8. The van der Waals surface area contributed by atoms with E-state index in [1.165, 1.54) is 17.0 Å². The largest absolute Gasteiger partial charge is 0.215 e. The van der Waals surface area contributed by atoms with E-state index < -0.39 is 0 Å². The van der Waals surface area contributed by atoms with Crippen LogP contribution in [-0.4, -0.2) is 31.7 Å². The van der Waals surface area contributed by atoms with Crippen LogP contribution >= 0.6 is 34.9 Å². The van der Waals surface area contributed by atoms with Gasteiger partial charge in [0.2, 0.25) is 5.16 Å². The Balaban J connectivity index is 1.48. The van der Waals surface area contributed by atoms with Gasteiger partial charge in [0.05, 0.1) is 6.54 Å². The van der Waals surface area contributed by atoms with Gasteiger partial charge in [-0.25, -0.2) is 9.07 Å². The zero-order valence-corrected chi connectivity index (χ0v) is 14.0. The maximum absolute atomic E-state index is 12.8. The average molecular weight is 352 g/mol. The Morgan fingerprint density at radius 2 is 1.91 bits per heavy atom. The van der Waals surface area contributed by atoms with Crippen molar-refractivity contribution in [1.29, 1.82) is 0 Å². The van der Waals surface area contributed by atoms with Crippen molar-refractivity contribution in [2.45, 2.75) is 16.6 Å². The molecule has 2 aromatic heterocycles. The second-order valence-corrected chi connectivity index (χ2v) is 7.61. The number of thiophene rings is 1. The Morgan fingerprint density at radius 1 is 1.09 bits per heavy atom. The molecule has 0 radical (unpaired) electrons. The van der Waals surface area contributed by atoms with Crippen molar-refractivity contribution < 1.29 is 4.39 Å². The van der Waals surface area contributed by atoms with Crippen LogP contribution in [0, 0.1) is 5.82 Å². The van der Waals surface area contributed by atoms with Crippen LogP contribution in [0.5, 0.6) is 0 Å². The second-order valence-electron chi connectivity index (χ2n) is 4.35. The molecule has 4 nitrogen and oxygen atoms in total. The minimum Gasteiger partial charge on any atom is -0.215 e. The molecule has 3 rings (SSSR count). The molecule has 0 unspecified atom stereocenters. The van der Waals surface area contributed by atoms with Crippen molar-refractivity contribution in [3.63, 3.8) is 0 Å². The summed E-state index contributed by atoms with van der Waals surface area (Å²) in [5.74, 6) is 1.61. The fraction of sp³-hybridized carbons (Fsp3) is 0.214. The van der Waals surface area contributed by atoms with Crippen molar-refractivity contribution >= 4 is 34.9 Å². The molecule has 0 spiro atoms. The summed E-state index contributed by atoms with van der Waals surface area (Å²) < 4.78 is 14.6. The summed E-state index contributed by atoms with van der Waals surface area (Å²) in [5, 5.41) is 14.7. The number of hydrogen-bond donors (Lipinski definition) is 0. The smallest absolute Gasteiger partial charge is 0.209 e. The fourth-order valence-electron chi connectivity index (χ4n) is 1.77. The molecule has 0 saturated heterocycles. The van der Waals surface area contributed by atoms with Crippen LogP contribution in [0.3, 0.4) is 0 Å². The first kappa shape index (κ1) is 15.5. The van der Waals surface area contributed by atoms with E-state index >= 15 is 0 Å². The molecule has 0 bridgehead atoms. The van der Waals surface area contributed by atoms with Crippen LogP contribution in [-0.2, 0) is 6.54 Å². The summed E-state index contributed by atoms with van der Waals surface area (Å²) in [6.45, 7) is 0.706. The van der Waals surface area contributed by atoms with Gasteiger partial charge in [-0.1, -0.05) is 17.8 Å². The van der Waals surface area contributed by atoms with E-state index in [2.05, 4.69) is 21.6 Å². The standard InChI is InChI=1S/C14H13FN4S3/c15-11-3-5-12(6-4-11)21-8-9-22-14-16-17-18-19(14)10-13-2-1-7-20-13/h1-7H,8-10H2. The molecular weight excluding hydrogens is 339 g/mol. The molecule has 0 fully saturated rings. The minimum absolute atomic E-state index is 0.202. The number of rotatable bonds is 7. The van der Waals surface area contributed by atoms with Crippen molar-refractivity contribution in [2.75, 3.05) is 11.5 Å². The van der Waals surface area contributed by atoms with E-state index in [9.17, 15) is 4.39 Å². The predicted octanol–water partition coefficient (Wildman–Crippen LogP) is 3.81. The molecule has 0 atom stereocenters. The highest BCUT2D eigenvalue weighted by molar-refractivity contribution is 8.02. The summed E-state index contributed by atoms with van der Waals surface area (Å²) in [7, 11) is 0. The van der Waals surface area contributed by atoms with Gasteiger partial charge in [0.1, 0.15) is 5.82 Å². The Labute approximate surface area is 140 Å². The van der Waals surface area contributed by atoms with Crippen molar-refractivity contribution in [3.05, 3.63) is 52.5 Å². The Kier molecular flexibility index (Phi) is 5.47. The second kappa shape index (κ2) is 7.75. The highest BCUT2D eigenvalue weighted by atomic mass is 32.2.